The number of rotatable bonds is 30. The van der Waals surface area contributed by atoms with Gasteiger partial charge >= 0.3 is 11.9 Å². The fourth-order valence-corrected chi connectivity index (χ4v) is 5.36. The Hall–Kier alpha value is -6.74. The molecule has 0 unspecified atom stereocenters. The molecule has 0 spiro atoms. The maximum absolute atomic E-state index is 11.9. The second kappa shape index (κ2) is 29.5. The van der Waals surface area contributed by atoms with E-state index in [4.69, 9.17) is 9.84 Å². The first-order valence-corrected chi connectivity index (χ1v) is 20.7. The van der Waals surface area contributed by atoms with Crippen LogP contribution in [0.2, 0.25) is 0 Å². The highest BCUT2D eigenvalue weighted by atomic mass is 16.6. The molecule has 0 aromatic heterocycles. The Labute approximate surface area is 369 Å². The molecule has 2 heterocycles. The van der Waals surface area contributed by atoms with E-state index >= 15 is 0 Å². The number of carbonyl (C=O) groups is 14. The number of esters is 1. The smallest absolute Gasteiger partial charge is 0.306 e. The summed E-state index contributed by atoms with van der Waals surface area (Å²) in [5, 5.41) is 18.1. The quantitative estimate of drug-likeness (QED) is 0.0446. The van der Waals surface area contributed by atoms with E-state index in [0.29, 0.717) is 6.42 Å². The first kappa shape index (κ1) is 55.3. The number of nitrogens with one attached hydrogen (secondary N) is 4. The van der Waals surface area contributed by atoms with Gasteiger partial charge in [-0.15, -0.1) is 0 Å². The minimum absolute atomic E-state index is 0.0365. The molecule has 22 heteroatoms. The molecular weight excluding hydrogens is 844 g/mol. The van der Waals surface area contributed by atoms with Crippen molar-refractivity contribution in [2.24, 2.45) is 0 Å². The topological polar surface area (TPSA) is 323 Å². The number of Topliss-reactive ketones (excluding diaryl/α,β-unsaturated/α-hetero) is 4. The lowest BCUT2D eigenvalue weighted by Gasteiger charge is -2.19. The van der Waals surface area contributed by atoms with E-state index in [1.54, 1.807) is 20.8 Å². The molecule has 0 radical (unpaired) electrons. The van der Waals surface area contributed by atoms with Gasteiger partial charge in [0, 0.05) is 102 Å². The van der Waals surface area contributed by atoms with E-state index < -0.39 is 58.8 Å². The fraction of sp³-hybridized carbons (Fsp3) is 0.571. The Morgan fingerprint density at radius 3 is 1.09 bits per heavy atom. The molecule has 2 aliphatic heterocycles. The fourth-order valence-electron chi connectivity index (χ4n) is 5.36. The van der Waals surface area contributed by atoms with E-state index in [2.05, 4.69) is 21.3 Å². The molecule has 2 rings (SSSR count). The zero-order valence-electron chi connectivity index (χ0n) is 36.4. The van der Waals surface area contributed by atoms with Crippen molar-refractivity contribution in [2.75, 3.05) is 39.3 Å². The highest BCUT2D eigenvalue weighted by Crippen LogP contribution is 2.10. The SMILES string of the molecule is CC(C)(C)OC(=O)CCCC(=O)CNC(=O)CCC(=O)CNC(=O)CCCN1C(=O)C=CC1=O.O=C(O)CCCC(=O)CNC(=O)CCC(=O)CNC(=O)CCCN1C(=O)C=CC1=O. The summed E-state index contributed by atoms with van der Waals surface area (Å²) in [6.07, 6.45) is 5.50. The predicted molar refractivity (Wildman–Crippen MR) is 222 cm³/mol. The van der Waals surface area contributed by atoms with Crippen LogP contribution in [0.3, 0.4) is 0 Å². The van der Waals surface area contributed by atoms with Crippen LogP contribution in [0.5, 0.6) is 0 Å². The van der Waals surface area contributed by atoms with Crippen molar-refractivity contribution in [1.82, 2.24) is 31.1 Å². The summed E-state index contributed by atoms with van der Waals surface area (Å²) < 4.78 is 5.15. The normalized spacial score (nSPS) is 12.9. The number of hydrogen-bond donors (Lipinski definition) is 5. The zero-order chi connectivity index (χ0) is 48.2. The molecule has 0 aromatic carbocycles. The molecule has 0 bridgehead atoms. The van der Waals surface area contributed by atoms with Crippen LogP contribution < -0.4 is 21.3 Å². The molecule has 5 N–H and O–H groups in total. The predicted octanol–water partition coefficient (Wildman–Crippen LogP) is -0.548. The highest BCUT2D eigenvalue weighted by molar-refractivity contribution is 6.13. The van der Waals surface area contributed by atoms with Gasteiger partial charge < -0.3 is 31.1 Å². The van der Waals surface area contributed by atoms with E-state index in [0.717, 1.165) is 22.0 Å². The van der Waals surface area contributed by atoms with Crippen LogP contribution in [0.1, 0.15) is 111 Å². The third kappa shape index (κ3) is 26.6. The number of carboxylic acid groups (broad SMARTS) is 1. The lowest BCUT2D eigenvalue weighted by Crippen LogP contribution is -2.34. The van der Waals surface area contributed by atoms with Crippen molar-refractivity contribution >= 4 is 82.3 Å². The Bertz CT molecular complexity index is 1810. The summed E-state index contributed by atoms with van der Waals surface area (Å²) >= 11 is 0. The van der Waals surface area contributed by atoms with Crippen molar-refractivity contribution in [3.05, 3.63) is 24.3 Å². The number of ether oxygens (including phenoxy) is 1. The van der Waals surface area contributed by atoms with Gasteiger partial charge in [0.25, 0.3) is 23.6 Å². The van der Waals surface area contributed by atoms with Gasteiger partial charge in [-0.25, -0.2) is 0 Å². The number of hydrogen-bond acceptors (Lipinski definition) is 15. The molecule has 0 saturated heterocycles. The molecule has 22 nitrogen and oxygen atoms in total. The minimum Gasteiger partial charge on any atom is -0.481 e. The van der Waals surface area contributed by atoms with Gasteiger partial charge in [0.15, 0.2) is 23.1 Å². The van der Waals surface area contributed by atoms with Gasteiger partial charge in [0.2, 0.25) is 23.6 Å². The van der Waals surface area contributed by atoms with Crippen molar-refractivity contribution < 1.29 is 77.0 Å². The lowest BCUT2D eigenvalue weighted by atomic mass is 10.1. The molecule has 0 atom stereocenters. The van der Waals surface area contributed by atoms with Crippen LogP contribution in [-0.4, -0.2) is 142 Å². The Balaban J connectivity index is 0.000000645. The molecule has 8 amide bonds. The summed E-state index contributed by atoms with van der Waals surface area (Å²) in [5.41, 5.74) is -0.580. The molecule has 0 aliphatic carbocycles. The Kier molecular flexibility index (Phi) is 25.5. The van der Waals surface area contributed by atoms with Gasteiger partial charge in [-0.3, -0.25) is 76.9 Å². The summed E-state index contributed by atoms with van der Waals surface area (Å²) in [6.45, 7) is 4.61. The van der Waals surface area contributed by atoms with Crippen LogP contribution in [0.25, 0.3) is 0 Å². The average molecular weight is 903 g/mol. The van der Waals surface area contributed by atoms with E-state index in [-0.39, 0.29) is 152 Å². The first-order chi connectivity index (χ1) is 30.1. The standard InChI is InChI=1S/C23H33N3O8.C19H25N3O8/c1-23(2,3)34-22(33)8-4-6-16(27)14-25-19(30)10-9-17(28)15-24-18(29)7-5-13-26-20(31)11-12-21(26)32;23-13(3-1-5-19(29)30)11-21-16(26)7-6-14(24)12-20-15(25)4-2-10-22-17(27)8-9-18(22)28/h11-12H,4-10,13-15H2,1-3H3,(H,24,29)(H,25,30);8-9H,1-7,10-12H2,(H,20,25)(H,21,26)(H,29,30). The van der Waals surface area contributed by atoms with Gasteiger partial charge in [0.1, 0.15) is 5.60 Å². The lowest BCUT2D eigenvalue weighted by molar-refractivity contribution is -0.155. The summed E-state index contributed by atoms with van der Waals surface area (Å²) in [6, 6.07) is 0. The summed E-state index contributed by atoms with van der Waals surface area (Å²) in [7, 11) is 0. The number of carbonyl (C=O) groups excluding carboxylic acids is 13. The van der Waals surface area contributed by atoms with Crippen molar-refractivity contribution in [3.63, 3.8) is 0 Å². The molecule has 352 valence electrons. The van der Waals surface area contributed by atoms with Gasteiger partial charge in [-0.2, -0.15) is 0 Å². The number of nitrogens with zero attached hydrogens (tertiary/aromatic N) is 2. The summed E-state index contributed by atoms with van der Waals surface area (Å²) in [4.78, 5) is 163. The van der Waals surface area contributed by atoms with Crippen LogP contribution in [0.15, 0.2) is 24.3 Å². The van der Waals surface area contributed by atoms with Crippen molar-refractivity contribution in [2.45, 2.75) is 116 Å². The number of aliphatic carboxylic acids is 1. The molecular formula is C42H58N6O16. The highest BCUT2D eigenvalue weighted by Gasteiger charge is 2.24. The average Bonchev–Trinajstić information content (AvgIpc) is 3.71. The molecule has 0 saturated carbocycles. The molecule has 0 fully saturated rings. The Morgan fingerprint density at radius 2 is 0.766 bits per heavy atom. The second-order valence-corrected chi connectivity index (χ2v) is 15.5. The maximum Gasteiger partial charge on any atom is 0.306 e. The van der Waals surface area contributed by atoms with Crippen LogP contribution in [0, 0.1) is 0 Å². The molecule has 64 heavy (non-hydrogen) atoms. The van der Waals surface area contributed by atoms with Crippen molar-refractivity contribution in [3.8, 4) is 0 Å². The summed E-state index contributed by atoms with van der Waals surface area (Å²) in [5.74, 6) is -6.05. The molecule has 2 aliphatic rings. The molecule has 0 aromatic rings. The third-order valence-electron chi connectivity index (χ3n) is 8.67. The monoisotopic (exact) mass is 902 g/mol. The first-order valence-electron chi connectivity index (χ1n) is 20.7. The maximum atomic E-state index is 11.9. The van der Waals surface area contributed by atoms with Crippen LogP contribution >= 0.6 is 0 Å². The Morgan fingerprint density at radius 1 is 0.453 bits per heavy atom. The van der Waals surface area contributed by atoms with Gasteiger partial charge in [-0.05, 0) is 46.5 Å². The number of amides is 8. The number of ketones is 4. The van der Waals surface area contributed by atoms with Crippen LogP contribution in [0.4, 0.5) is 0 Å². The van der Waals surface area contributed by atoms with E-state index in [1.165, 1.54) is 12.2 Å². The van der Waals surface area contributed by atoms with Gasteiger partial charge in [-0.1, -0.05) is 0 Å². The van der Waals surface area contributed by atoms with Crippen molar-refractivity contribution in [1.29, 1.82) is 0 Å². The second-order valence-electron chi connectivity index (χ2n) is 15.5. The zero-order valence-corrected chi connectivity index (χ0v) is 36.4. The third-order valence-corrected chi connectivity index (χ3v) is 8.67. The van der Waals surface area contributed by atoms with E-state index in [9.17, 15) is 67.1 Å². The minimum atomic E-state index is -0.994. The largest absolute Gasteiger partial charge is 0.481 e. The van der Waals surface area contributed by atoms with Crippen LogP contribution in [-0.2, 0) is 71.9 Å². The van der Waals surface area contributed by atoms with E-state index in [1.807, 2.05) is 0 Å². The number of carboxylic acids is 1. The van der Waals surface area contributed by atoms with Gasteiger partial charge in [0.05, 0.1) is 26.2 Å². The number of imide groups is 2.